The molecule has 0 heterocycles. The maximum atomic E-state index is 5.43. The summed E-state index contributed by atoms with van der Waals surface area (Å²) in [6.07, 6.45) is 7.98. The van der Waals surface area contributed by atoms with Crippen LogP contribution in [0.4, 0.5) is 0 Å². The largest absolute Gasteiger partial charge is 0.493 e. The summed E-state index contributed by atoms with van der Waals surface area (Å²) in [6.45, 7) is 8.98. The molecule has 0 aliphatic carbocycles. The number of ether oxygens (including phenoxy) is 1. The number of allylic oxidation sites excluding steroid dienone is 4. The second kappa shape index (κ2) is 8.57. The van der Waals surface area contributed by atoms with Crippen molar-refractivity contribution in [2.24, 2.45) is 5.73 Å². The van der Waals surface area contributed by atoms with Crippen molar-refractivity contribution in [1.82, 2.24) is 0 Å². The molecule has 0 aromatic carbocycles. The minimum atomic E-state index is 0.544. The predicted molar refractivity (Wildman–Crippen MR) is 62.0 cm³/mol. The van der Waals surface area contributed by atoms with Crippen molar-refractivity contribution in [2.75, 3.05) is 13.2 Å². The molecule has 0 unspecified atom stereocenters. The minimum absolute atomic E-state index is 0.544. The maximum absolute atomic E-state index is 5.43. The first-order chi connectivity index (χ1) is 6.78. The van der Waals surface area contributed by atoms with Crippen LogP contribution in [0.25, 0.3) is 0 Å². The van der Waals surface area contributed by atoms with Gasteiger partial charge in [-0.2, -0.15) is 0 Å². The van der Waals surface area contributed by atoms with Crippen LogP contribution in [0.5, 0.6) is 0 Å². The second-order valence-corrected chi connectivity index (χ2v) is 3.00. The Morgan fingerprint density at radius 2 is 2.21 bits per heavy atom. The molecule has 0 aliphatic rings. The Morgan fingerprint density at radius 1 is 1.50 bits per heavy atom. The number of rotatable bonds is 7. The van der Waals surface area contributed by atoms with E-state index in [-0.39, 0.29) is 0 Å². The van der Waals surface area contributed by atoms with E-state index in [0.717, 1.165) is 18.6 Å². The minimum Gasteiger partial charge on any atom is -0.493 e. The van der Waals surface area contributed by atoms with Crippen LogP contribution < -0.4 is 5.73 Å². The van der Waals surface area contributed by atoms with Gasteiger partial charge < -0.3 is 10.5 Å². The third-order valence-corrected chi connectivity index (χ3v) is 1.80. The van der Waals surface area contributed by atoms with Crippen molar-refractivity contribution in [1.29, 1.82) is 0 Å². The zero-order valence-electron chi connectivity index (χ0n) is 9.25. The molecule has 2 N–H and O–H groups in total. The summed E-state index contributed by atoms with van der Waals surface area (Å²) in [5, 5.41) is 0. The smallest absolute Gasteiger partial charge is 0.115 e. The molecule has 14 heavy (non-hydrogen) atoms. The Bertz CT molecular complexity index is 216. The molecule has 0 atom stereocenters. The van der Waals surface area contributed by atoms with Crippen LogP contribution in [0.15, 0.2) is 36.1 Å². The van der Waals surface area contributed by atoms with Gasteiger partial charge in [0, 0.05) is 6.54 Å². The molecule has 80 valence electrons. The van der Waals surface area contributed by atoms with Crippen LogP contribution in [0.2, 0.25) is 0 Å². The van der Waals surface area contributed by atoms with Gasteiger partial charge in [-0.25, -0.2) is 0 Å². The molecule has 0 aromatic rings. The van der Waals surface area contributed by atoms with Gasteiger partial charge in [0.15, 0.2) is 0 Å². The zero-order valence-corrected chi connectivity index (χ0v) is 9.25. The number of nitrogens with two attached hydrogens (primary N) is 1. The highest BCUT2D eigenvalue weighted by molar-refractivity contribution is 5.25. The van der Waals surface area contributed by atoms with Crippen molar-refractivity contribution >= 4 is 0 Å². The average Bonchev–Trinajstić information content (AvgIpc) is 2.22. The number of hydrogen-bond acceptors (Lipinski definition) is 2. The van der Waals surface area contributed by atoms with E-state index in [1.54, 1.807) is 0 Å². The third kappa shape index (κ3) is 5.60. The molecule has 2 heteroatoms. The molecule has 0 radical (unpaired) electrons. The van der Waals surface area contributed by atoms with Crippen molar-refractivity contribution in [3.63, 3.8) is 0 Å². The Hall–Kier alpha value is -1.02. The standard InChI is InChI=1S/C12H21NO/c1-4-7-11(5-2)10-12(6-3)14-9-8-13/h5-6,10H,2,4,7-9,13H2,1,3H3/b11-10+,12-6+. The summed E-state index contributed by atoms with van der Waals surface area (Å²) >= 11 is 0. The van der Waals surface area contributed by atoms with E-state index in [0.29, 0.717) is 13.2 Å². The Morgan fingerprint density at radius 3 is 2.64 bits per heavy atom. The first kappa shape index (κ1) is 13.0. The molecule has 2 nitrogen and oxygen atoms in total. The van der Waals surface area contributed by atoms with Gasteiger partial charge in [-0.05, 0) is 31.1 Å². The summed E-state index contributed by atoms with van der Waals surface area (Å²) in [5.41, 5.74) is 6.57. The SMILES string of the molecule is C=C/C(=C\C(=C/C)OCCN)CCC. The molecule has 0 bridgehead atoms. The fraction of sp³-hybridized carbons (Fsp3) is 0.500. The summed E-state index contributed by atoms with van der Waals surface area (Å²) in [4.78, 5) is 0. The number of hydrogen-bond donors (Lipinski definition) is 1. The Kier molecular flexibility index (Phi) is 7.95. The highest BCUT2D eigenvalue weighted by Crippen LogP contribution is 2.10. The lowest BCUT2D eigenvalue weighted by Gasteiger charge is -2.06. The lowest BCUT2D eigenvalue weighted by Crippen LogP contribution is -2.07. The van der Waals surface area contributed by atoms with E-state index in [1.165, 1.54) is 5.57 Å². The molecular formula is C12H21NO. The van der Waals surface area contributed by atoms with E-state index in [4.69, 9.17) is 10.5 Å². The zero-order chi connectivity index (χ0) is 10.8. The molecule has 0 aliphatic heterocycles. The van der Waals surface area contributed by atoms with Crippen LogP contribution in [0, 0.1) is 0 Å². The fourth-order valence-electron chi connectivity index (χ4n) is 1.09. The molecule has 0 amide bonds. The monoisotopic (exact) mass is 195 g/mol. The van der Waals surface area contributed by atoms with Crippen LogP contribution >= 0.6 is 0 Å². The van der Waals surface area contributed by atoms with Crippen LogP contribution in [0.1, 0.15) is 26.7 Å². The molecule has 0 rings (SSSR count). The van der Waals surface area contributed by atoms with Crippen LogP contribution in [0.3, 0.4) is 0 Å². The highest BCUT2D eigenvalue weighted by Gasteiger charge is 1.95. The van der Waals surface area contributed by atoms with Gasteiger partial charge in [-0.1, -0.05) is 26.0 Å². The van der Waals surface area contributed by atoms with Gasteiger partial charge >= 0.3 is 0 Å². The Labute approximate surface area is 87.1 Å². The molecular weight excluding hydrogens is 174 g/mol. The Balaban J connectivity index is 4.30. The molecule has 0 spiro atoms. The van der Waals surface area contributed by atoms with Crippen molar-refractivity contribution in [3.8, 4) is 0 Å². The van der Waals surface area contributed by atoms with Gasteiger partial charge in [-0.15, -0.1) is 0 Å². The lowest BCUT2D eigenvalue weighted by atomic mass is 10.1. The summed E-state index contributed by atoms with van der Waals surface area (Å²) in [7, 11) is 0. The first-order valence-corrected chi connectivity index (χ1v) is 5.10. The van der Waals surface area contributed by atoms with Crippen LogP contribution in [-0.4, -0.2) is 13.2 Å². The highest BCUT2D eigenvalue weighted by atomic mass is 16.5. The van der Waals surface area contributed by atoms with E-state index in [1.807, 2.05) is 25.2 Å². The normalized spacial score (nSPS) is 12.8. The van der Waals surface area contributed by atoms with Gasteiger partial charge in [0.25, 0.3) is 0 Å². The molecule has 0 saturated heterocycles. The molecule has 0 fully saturated rings. The topological polar surface area (TPSA) is 35.2 Å². The molecule has 0 aromatic heterocycles. The van der Waals surface area contributed by atoms with E-state index in [2.05, 4.69) is 13.5 Å². The van der Waals surface area contributed by atoms with E-state index < -0.39 is 0 Å². The summed E-state index contributed by atoms with van der Waals surface area (Å²) in [6, 6.07) is 0. The first-order valence-electron chi connectivity index (χ1n) is 5.10. The molecule has 0 saturated carbocycles. The van der Waals surface area contributed by atoms with E-state index in [9.17, 15) is 0 Å². The van der Waals surface area contributed by atoms with Crippen LogP contribution in [-0.2, 0) is 4.74 Å². The van der Waals surface area contributed by atoms with Gasteiger partial charge in [0.05, 0.1) is 0 Å². The summed E-state index contributed by atoms with van der Waals surface area (Å²) in [5.74, 6) is 0.874. The van der Waals surface area contributed by atoms with Crippen molar-refractivity contribution in [3.05, 3.63) is 36.1 Å². The average molecular weight is 195 g/mol. The maximum Gasteiger partial charge on any atom is 0.115 e. The lowest BCUT2D eigenvalue weighted by molar-refractivity contribution is 0.233. The second-order valence-electron chi connectivity index (χ2n) is 3.00. The predicted octanol–water partition coefficient (Wildman–Crippen LogP) is 2.78. The summed E-state index contributed by atoms with van der Waals surface area (Å²) < 4.78 is 5.43. The van der Waals surface area contributed by atoms with Gasteiger partial charge in [0.1, 0.15) is 12.4 Å². The van der Waals surface area contributed by atoms with Crippen molar-refractivity contribution < 1.29 is 4.74 Å². The van der Waals surface area contributed by atoms with E-state index >= 15 is 0 Å². The fourth-order valence-corrected chi connectivity index (χ4v) is 1.09. The quantitative estimate of drug-likeness (QED) is 0.501. The van der Waals surface area contributed by atoms with Gasteiger partial charge in [-0.3, -0.25) is 0 Å². The third-order valence-electron chi connectivity index (χ3n) is 1.80. The van der Waals surface area contributed by atoms with Crippen molar-refractivity contribution in [2.45, 2.75) is 26.7 Å². The van der Waals surface area contributed by atoms with Gasteiger partial charge in [0.2, 0.25) is 0 Å².